The van der Waals surface area contributed by atoms with E-state index in [1.165, 1.54) is 11.3 Å². The number of carbonyl (C=O) groups excluding carboxylic acids is 1. The third kappa shape index (κ3) is 6.67. The third-order valence-corrected chi connectivity index (χ3v) is 8.04. The largest absolute Gasteiger partial charge is 0.469 e. The Morgan fingerprint density at radius 1 is 1.00 bits per heavy atom. The average molecular weight is 495 g/mol. The Kier molecular flexibility index (Phi) is 9.19. The molecule has 3 rings (SSSR count). The van der Waals surface area contributed by atoms with E-state index in [4.69, 9.17) is 20.3 Å². The molecule has 1 aliphatic heterocycles. The maximum absolute atomic E-state index is 12.8. The lowest BCUT2D eigenvalue weighted by molar-refractivity contribution is -0.134. The molecule has 2 aliphatic carbocycles. The number of aliphatic hydroxyl groups excluding tert-OH is 3. The van der Waals surface area contributed by atoms with Crippen molar-refractivity contribution in [3.8, 4) is 0 Å². The van der Waals surface area contributed by atoms with Crippen molar-refractivity contribution in [1.29, 1.82) is 0 Å². The number of primary amides is 1. The monoisotopic (exact) mass is 494 g/mol. The fourth-order valence-corrected chi connectivity index (χ4v) is 6.20. The van der Waals surface area contributed by atoms with Gasteiger partial charge in [0.25, 0.3) is 0 Å². The van der Waals surface area contributed by atoms with E-state index in [1.807, 2.05) is 0 Å². The van der Waals surface area contributed by atoms with Crippen LogP contribution in [0.5, 0.6) is 0 Å². The van der Waals surface area contributed by atoms with Gasteiger partial charge in [0.1, 0.15) is 18.3 Å². The summed E-state index contributed by atoms with van der Waals surface area (Å²) in [5.41, 5.74) is 5.07. The molecule has 0 spiro atoms. The second-order valence-electron chi connectivity index (χ2n) is 9.85. The van der Waals surface area contributed by atoms with Gasteiger partial charge in [0.05, 0.1) is 12.7 Å². The topological polar surface area (TPSA) is 183 Å². The van der Waals surface area contributed by atoms with Crippen LogP contribution < -0.4 is 5.73 Å². The molecule has 2 amide bonds. The number of phosphoric acid groups is 1. The molecule has 12 heteroatoms. The highest BCUT2D eigenvalue weighted by molar-refractivity contribution is 7.46. The number of carbonyl (C=O) groups is 1. The van der Waals surface area contributed by atoms with Crippen LogP contribution in [-0.4, -0.2) is 78.8 Å². The van der Waals surface area contributed by atoms with Crippen LogP contribution in [0.4, 0.5) is 4.79 Å². The Morgan fingerprint density at radius 2 is 1.64 bits per heavy atom. The smallest absolute Gasteiger partial charge is 0.393 e. The molecule has 3 aliphatic rings. The molecule has 3 fully saturated rings. The molecule has 7 atom stereocenters. The summed E-state index contributed by atoms with van der Waals surface area (Å²) < 4.78 is 21.3. The van der Waals surface area contributed by atoms with Gasteiger partial charge in [0.2, 0.25) is 0 Å². The molecule has 33 heavy (non-hydrogen) atoms. The SMILES string of the molecule is NC(=O)N(C1OC(COP(=O)(O)O)C(O)C1O)[C@@]12CCCCCCCCC[C@@H](C1)C(O)CC2. The third-order valence-electron chi connectivity index (χ3n) is 7.56. The highest BCUT2D eigenvalue weighted by Gasteiger charge is 2.54. The number of ether oxygens (including phenoxy) is 1. The maximum atomic E-state index is 12.8. The van der Waals surface area contributed by atoms with Gasteiger partial charge in [-0.25, -0.2) is 9.36 Å². The minimum Gasteiger partial charge on any atom is -0.393 e. The average Bonchev–Trinajstić information content (AvgIpc) is 3.00. The molecule has 2 saturated carbocycles. The van der Waals surface area contributed by atoms with Gasteiger partial charge in [-0.15, -0.1) is 0 Å². The van der Waals surface area contributed by atoms with Gasteiger partial charge in [-0.1, -0.05) is 44.9 Å². The molecular weight excluding hydrogens is 455 g/mol. The lowest BCUT2D eigenvalue weighted by Crippen LogP contribution is -2.63. The van der Waals surface area contributed by atoms with Crippen LogP contribution >= 0.6 is 7.82 Å². The number of nitrogens with two attached hydrogens (primary N) is 1. The fourth-order valence-electron chi connectivity index (χ4n) is 5.86. The lowest BCUT2D eigenvalue weighted by atomic mass is 9.69. The number of phosphoric ester groups is 1. The Labute approximate surface area is 194 Å². The Balaban J connectivity index is 1.86. The van der Waals surface area contributed by atoms with Gasteiger partial charge in [-0.05, 0) is 38.0 Å². The molecule has 0 aromatic rings. The van der Waals surface area contributed by atoms with Crippen LogP contribution in [0, 0.1) is 5.92 Å². The first-order valence-corrected chi connectivity index (χ1v) is 13.6. The zero-order valence-corrected chi connectivity index (χ0v) is 19.9. The van der Waals surface area contributed by atoms with Crippen molar-refractivity contribution < 1.29 is 43.7 Å². The number of hydrogen-bond donors (Lipinski definition) is 6. The first-order chi connectivity index (χ1) is 15.5. The zero-order chi connectivity index (χ0) is 24.2. The number of nitrogens with zero attached hydrogens (tertiary/aromatic N) is 1. The molecule has 0 aromatic carbocycles. The number of fused-ring (bicyclic) bond motifs is 2. The summed E-state index contributed by atoms with van der Waals surface area (Å²) in [5, 5.41) is 31.8. The highest BCUT2D eigenvalue weighted by Crippen LogP contribution is 2.46. The molecule has 1 saturated heterocycles. The lowest BCUT2D eigenvalue weighted by Gasteiger charge is -2.52. The maximum Gasteiger partial charge on any atom is 0.469 e. The quantitative estimate of drug-likeness (QED) is 0.307. The minimum atomic E-state index is -4.81. The van der Waals surface area contributed by atoms with E-state index < -0.39 is 56.6 Å². The predicted molar refractivity (Wildman–Crippen MR) is 118 cm³/mol. The van der Waals surface area contributed by atoms with Crippen LogP contribution in [0.15, 0.2) is 0 Å². The molecular formula is C21H39N2O9P. The van der Waals surface area contributed by atoms with Crippen LogP contribution in [0.2, 0.25) is 0 Å². The number of amides is 2. The van der Waals surface area contributed by atoms with E-state index in [0.29, 0.717) is 25.7 Å². The zero-order valence-electron chi connectivity index (χ0n) is 19.0. The van der Waals surface area contributed by atoms with Crippen LogP contribution in [0.3, 0.4) is 0 Å². The standard InChI is InChI=1S/C21H39N2O9P/c22-20(27)23(19-18(26)17(25)16(32-19)13-31-33(28,29)30)21-10-7-5-3-1-2-4-6-8-14(12-21)15(24)9-11-21/h14-19,24-26H,1-13H2,(H2,22,27)(H2,28,29,30)/t14-,15?,16?,17?,18?,19?,21+/m0/s1. The molecule has 2 bridgehead atoms. The van der Waals surface area contributed by atoms with Gasteiger partial charge in [0, 0.05) is 5.54 Å². The first-order valence-electron chi connectivity index (χ1n) is 12.0. The second kappa shape index (κ2) is 11.3. The summed E-state index contributed by atoms with van der Waals surface area (Å²) in [7, 11) is -4.81. The molecule has 0 aromatic heterocycles. The normalized spacial score (nSPS) is 38.8. The van der Waals surface area contributed by atoms with E-state index in [-0.39, 0.29) is 5.92 Å². The Hall–Kier alpha value is -0.780. The van der Waals surface area contributed by atoms with Crippen LogP contribution in [-0.2, 0) is 13.8 Å². The van der Waals surface area contributed by atoms with E-state index in [2.05, 4.69) is 4.52 Å². The van der Waals surface area contributed by atoms with Crippen molar-refractivity contribution in [1.82, 2.24) is 4.90 Å². The van der Waals surface area contributed by atoms with Crippen molar-refractivity contribution in [2.24, 2.45) is 11.7 Å². The van der Waals surface area contributed by atoms with Crippen molar-refractivity contribution >= 4 is 13.9 Å². The highest BCUT2D eigenvalue weighted by atomic mass is 31.2. The first kappa shape index (κ1) is 26.8. The molecule has 5 unspecified atom stereocenters. The van der Waals surface area contributed by atoms with Crippen molar-refractivity contribution in [2.75, 3.05) is 6.61 Å². The molecule has 1 heterocycles. The number of rotatable bonds is 5. The molecule has 192 valence electrons. The van der Waals surface area contributed by atoms with Gasteiger partial charge in [0.15, 0.2) is 6.23 Å². The van der Waals surface area contributed by atoms with Gasteiger partial charge in [-0.2, -0.15) is 0 Å². The summed E-state index contributed by atoms with van der Waals surface area (Å²) in [5.74, 6) is -0.0164. The molecule has 7 N–H and O–H groups in total. The van der Waals surface area contributed by atoms with Crippen LogP contribution in [0.25, 0.3) is 0 Å². The number of aliphatic hydroxyl groups is 3. The van der Waals surface area contributed by atoms with Crippen molar-refractivity contribution in [2.45, 2.75) is 113 Å². The number of urea groups is 1. The van der Waals surface area contributed by atoms with E-state index in [1.54, 1.807) is 0 Å². The Bertz CT molecular complexity index is 707. The van der Waals surface area contributed by atoms with E-state index in [9.17, 15) is 24.7 Å². The fraction of sp³-hybridized carbons (Fsp3) is 0.952. The molecule has 11 nitrogen and oxygen atoms in total. The molecule has 0 radical (unpaired) electrons. The van der Waals surface area contributed by atoms with Gasteiger partial charge in [-0.3, -0.25) is 9.42 Å². The summed E-state index contributed by atoms with van der Waals surface area (Å²) >= 11 is 0. The van der Waals surface area contributed by atoms with Crippen molar-refractivity contribution in [3.05, 3.63) is 0 Å². The summed E-state index contributed by atoms with van der Waals surface area (Å²) in [6.07, 6.45) is 4.30. The van der Waals surface area contributed by atoms with Crippen molar-refractivity contribution in [3.63, 3.8) is 0 Å². The van der Waals surface area contributed by atoms with E-state index in [0.717, 1.165) is 44.9 Å². The summed E-state index contributed by atoms with van der Waals surface area (Å²) in [6, 6.07) is -0.801. The second-order valence-corrected chi connectivity index (χ2v) is 11.1. The Morgan fingerprint density at radius 3 is 2.27 bits per heavy atom. The van der Waals surface area contributed by atoms with Crippen LogP contribution in [0.1, 0.15) is 77.0 Å². The van der Waals surface area contributed by atoms with Gasteiger partial charge < -0.3 is 35.6 Å². The predicted octanol–water partition coefficient (Wildman–Crippen LogP) is 1.35. The number of hydrogen-bond acceptors (Lipinski definition) is 7. The summed E-state index contributed by atoms with van der Waals surface area (Å²) in [4.78, 5) is 32.0. The van der Waals surface area contributed by atoms with E-state index >= 15 is 0 Å². The minimum absolute atomic E-state index is 0.0164. The summed E-state index contributed by atoms with van der Waals surface area (Å²) in [6.45, 7) is -0.653. The van der Waals surface area contributed by atoms with Gasteiger partial charge >= 0.3 is 13.9 Å².